The molecule has 1 amide bonds. The average Bonchev–Trinajstić information content (AvgIpc) is 3.13. The van der Waals surface area contributed by atoms with Crippen LogP contribution in [0.1, 0.15) is 18.9 Å². The van der Waals surface area contributed by atoms with Crippen molar-refractivity contribution in [3.8, 4) is 11.5 Å². The van der Waals surface area contributed by atoms with E-state index in [1.165, 1.54) is 11.8 Å². The quantitative estimate of drug-likeness (QED) is 0.402. The number of aliphatic imine (C=N–C) groups is 1. The van der Waals surface area contributed by atoms with Crippen molar-refractivity contribution in [2.24, 2.45) is 4.99 Å². The maximum atomic E-state index is 13.4. The number of amides is 1. The van der Waals surface area contributed by atoms with Crippen molar-refractivity contribution in [3.63, 3.8) is 0 Å². The number of hydrogen-bond acceptors (Lipinski definition) is 5. The summed E-state index contributed by atoms with van der Waals surface area (Å²) in [6, 6.07) is 24.9. The molecule has 5 nitrogen and oxygen atoms in total. The minimum Gasteiger partial charge on any atom is -0.493 e. The van der Waals surface area contributed by atoms with Crippen LogP contribution in [0.15, 0.2) is 88.8 Å². The molecule has 0 saturated carbocycles. The zero-order chi connectivity index (χ0) is 22.3. The number of anilines is 1. The van der Waals surface area contributed by atoms with E-state index in [-0.39, 0.29) is 5.91 Å². The number of carbonyl (C=O) groups excluding carboxylic acids is 1. The second kappa shape index (κ2) is 10.2. The van der Waals surface area contributed by atoms with Crippen LogP contribution in [0.25, 0.3) is 6.08 Å². The second-order valence-electron chi connectivity index (χ2n) is 7.08. The van der Waals surface area contributed by atoms with Gasteiger partial charge in [-0.25, -0.2) is 4.99 Å². The molecular weight excluding hydrogens is 420 g/mol. The zero-order valence-electron chi connectivity index (χ0n) is 18.0. The minimum absolute atomic E-state index is 0.110. The molecule has 162 valence electrons. The highest BCUT2D eigenvalue weighted by atomic mass is 32.2. The van der Waals surface area contributed by atoms with E-state index in [0.29, 0.717) is 28.2 Å². The summed E-state index contributed by atoms with van der Waals surface area (Å²) in [5.74, 6) is 1.22. The smallest absolute Gasteiger partial charge is 0.271 e. The van der Waals surface area contributed by atoms with Gasteiger partial charge in [0, 0.05) is 0 Å². The normalized spacial score (nSPS) is 16.1. The summed E-state index contributed by atoms with van der Waals surface area (Å²) >= 11 is 1.36. The molecule has 3 aromatic carbocycles. The molecule has 0 unspecified atom stereocenters. The maximum Gasteiger partial charge on any atom is 0.271 e. The molecule has 1 saturated heterocycles. The van der Waals surface area contributed by atoms with Gasteiger partial charge >= 0.3 is 0 Å². The van der Waals surface area contributed by atoms with Crippen LogP contribution < -0.4 is 14.4 Å². The van der Waals surface area contributed by atoms with E-state index in [1.54, 1.807) is 12.0 Å². The predicted octanol–water partition coefficient (Wildman–Crippen LogP) is 6.29. The summed E-state index contributed by atoms with van der Waals surface area (Å²) in [7, 11) is 1.61. The van der Waals surface area contributed by atoms with E-state index in [2.05, 4.69) is 6.92 Å². The predicted molar refractivity (Wildman–Crippen MR) is 132 cm³/mol. The van der Waals surface area contributed by atoms with E-state index in [4.69, 9.17) is 14.5 Å². The number of amidine groups is 1. The monoisotopic (exact) mass is 444 g/mol. The van der Waals surface area contributed by atoms with Gasteiger partial charge < -0.3 is 9.47 Å². The number of carbonyl (C=O) groups is 1. The van der Waals surface area contributed by atoms with Gasteiger partial charge in [0.25, 0.3) is 5.91 Å². The van der Waals surface area contributed by atoms with Crippen LogP contribution in [0, 0.1) is 0 Å². The largest absolute Gasteiger partial charge is 0.493 e. The zero-order valence-corrected chi connectivity index (χ0v) is 18.8. The summed E-state index contributed by atoms with van der Waals surface area (Å²) < 4.78 is 11.2. The molecule has 0 spiro atoms. The highest BCUT2D eigenvalue weighted by molar-refractivity contribution is 8.19. The Labute approximate surface area is 192 Å². The Morgan fingerprint density at radius 3 is 2.38 bits per heavy atom. The topological polar surface area (TPSA) is 51.1 Å². The fourth-order valence-corrected chi connectivity index (χ4v) is 4.22. The van der Waals surface area contributed by atoms with Gasteiger partial charge in [0.15, 0.2) is 16.7 Å². The standard InChI is InChI=1S/C26H24N2O3S/c1-3-16-31-22-15-14-19(17-23(22)30-2)18-24-25(29)28(21-12-8-5-9-13-21)26(32-24)27-20-10-6-4-7-11-20/h4-15,17-18H,3,16H2,1-2H3/b24-18+,27-26?. The summed E-state index contributed by atoms with van der Waals surface area (Å²) in [4.78, 5) is 20.4. The first-order valence-electron chi connectivity index (χ1n) is 10.4. The second-order valence-corrected chi connectivity index (χ2v) is 8.08. The number of hydrogen-bond donors (Lipinski definition) is 0. The van der Waals surface area contributed by atoms with Gasteiger partial charge in [0.05, 0.1) is 30.0 Å². The Hall–Kier alpha value is -3.51. The molecule has 3 aromatic rings. The number of thioether (sulfide) groups is 1. The van der Waals surface area contributed by atoms with E-state index in [1.807, 2.05) is 84.9 Å². The van der Waals surface area contributed by atoms with E-state index < -0.39 is 0 Å². The van der Waals surface area contributed by atoms with Crippen molar-refractivity contribution in [3.05, 3.63) is 89.3 Å². The lowest BCUT2D eigenvalue weighted by Gasteiger charge is -2.15. The van der Waals surface area contributed by atoms with Gasteiger partial charge in [-0.05, 0) is 66.2 Å². The number of ether oxygens (including phenoxy) is 2. The summed E-state index contributed by atoms with van der Waals surface area (Å²) in [6.07, 6.45) is 2.78. The maximum absolute atomic E-state index is 13.4. The minimum atomic E-state index is -0.110. The fraction of sp³-hybridized carbons (Fsp3) is 0.154. The van der Waals surface area contributed by atoms with Gasteiger partial charge in [0.2, 0.25) is 0 Å². The van der Waals surface area contributed by atoms with Crippen molar-refractivity contribution in [2.75, 3.05) is 18.6 Å². The number of rotatable bonds is 7. The summed E-state index contributed by atoms with van der Waals surface area (Å²) in [5.41, 5.74) is 2.43. The number of para-hydroxylation sites is 2. The van der Waals surface area contributed by atoms with Crippen LogP contribution in [0.2, 0.25) is 0 Å². The lowest BCUT2D eigenvalue weighted by Crippen LogP contribution is -2.28. The molecule has 0 N–H and O–H groups in total. The molecule has 0 radical (unpaired) electrons. The SMILES string of the molecule is CCCOc1ccc(/C=C2/SC(=Nc3ccccc3)N(c3ccccc3)C2=O)cc1OC. The third-order valence-corrected chi connectivity index (χ3v) is 5.72. The average molecular weight is 445 g/mol. The van der Waals surface area contributed by atoms with E-state index in [0.717, 1.165) is 23.4 Å². The lowest BCUT2D eigenvalue weighted by molar-refractivity contribution is -0.113. The highest BCUT2D eigenvalue weighted by Gasteiger charge is 2.34. The third-order valence-electron chi connectivity index (χ3n) is 4.75. The fourth-order valence-electron chi connectivity index (χ4n) is 3.22. The van der Waals surface area contributed by atoms with Crippen molar-refractivity contribution in [1.82, 2.24) is 0 Å². The summed E-state index contributed by atoms with van der Waals surface area (Å²) in [6.45, 7) is 2.68. The van der Waals surface area contributed by atoms with Crippen molar-refractivity contribution in [2.45, 2.75) is 13.3 Å². The first-order chi connectivity index (χ1) is 15.7. The Kier molecular flexibility index (Phi) is 6.92. The van der Waals surface area contributed by atoms with Crippen LogP contribution in [0.4, 0.5) is 11.4 Å². The molecule has 1 fully saturated rings. The first kappa shape index (κ1) is 21.7. The molecule has 0 aromatic heterocycles. The number of nitrogens with zero attached hydrogens (tertiary/aromatic N) is 2. The van der Waals surface area contributed by atoms with E-state index in [9.17, 15) is 4.79 Å². The molecule has 0 atom stereocenters. The molecule has 0 aliphatic carbocycles. The molecule has 4 rings (SSSR count). The van der Waals surface area contributed by atoms with Gasteiger partial charge in [-0.3, -0.25) is 9.69 Å². The van der Waals surface area contributed by atoms with Gasteiger partial charge in [-0.1, -0.05) is 49.4 Å². The van der Waals surface area contributed by atoms with Crippen LogP contribution in [0.5, 0.6) is 11.5 Å². The van der Waals surface area contributed by atoms with Crippen LogP contribution in [-0.2, 0) is 4.79 Å². The van der Waals surface area contributed by atoms with Crippen molar-refractivity contribution < 1.29 is 14.3 Å². The first-order valence-corrected chi connectivity index (χ1v) is 11.2. The highest BCUT2D eigenvalue weighted by Crippen LogP contribution is 2.38. The third kappa shape index (κ3) is 4.86. The molecule has 6 heteroatoms. The number of benzene rings is 3. The summed E-state index contributed by atoms with van der Waals surface area (Å²) in [5, 5.41) is 0.619. The Balaban J connectivity index is 1.70. The molecule has 0 bridgehead atoms. The lowest BCUT2D eigenvalue weighted by atomic mass is 10.1. The Morgan fingerprint density at radius 1 is 0.969 bits per heavy atom. The van der Waals surface area contributed by atoms with Crippen molar-refractivity contribution >= 4 is 40.3 Å². The van der Waals surface area contributed by atoms with Crippen molar-refractivity contribution in [1.29, 1.82) is 0 Å². The molecule has 1 heterocycles. The van der Waals surface area contributed by atoms with Gasteiger partial charge in [0.1, 0.15) is 0 Å². The van der Waals surface area contributed by atoms with Crippen LogP contribution >= 0.6 is 11.8 Å². The van der Waals surface area contributed by atoms with Gasteiger partial charge in [-0.15, -0.1) is 0 Å². The molecule has 1 aliphatic heterocycles. The van der Waals surface area contributed by atoms with Crippen LogP contribution in [-0.4, -0.2) is 24.8 Å². The van der Waals surface area contributed by atoms with Gasteiger partial charge in [-0.2, -0.15) is 0 Å². The Morgan fingerprint density at radius 2 is 1.69 bits per heavy atom. The van der Waals surface area contributed by atoms with E-state index >= 15 is 0 Å². The molecule has 32 heavy (non-hydrogen) atoms. The van der Waals surface area contributed by atoms with Crippen LogP contribution in [0.3, 0.4) is 0 Å². The Bertz CT molecular complexity index is 1140. The molecule has 1 aliphatic rings. The number of methoxy groups -OCH3 is 1. The molecular formula is C26H24N2O3S.